The minimum absolute atomic E-state index is 0.0950. The molecule has 6 heteroatoms. The first-order valence-corrected chi connectivity index (χ1v) is 7.11. The number of benzene rings is 2. The van der Waals surface area contributed by atoms with E-state index in [1.54, 1.807) is 55.5 Å². The minimum atomic E-state index is -0.457. The van der Waals surface area contributed by atoms with Gasteiger partial charge in [0, 0.05) is 5.69 Å². The van der Waals surface area contributed by atoms with Crippen molar-refractivity contribution >= 4 is 28.6 Å². The van der Waals surface area contributed by atoms with E-state index in [1.807, 2.05) is 0 Å². The van der Waals surface area contributed by atoms with Crippen LogP contribution in [0.4, 0.5) is 11.7 Å². The normalized spacial score (nSPS) is 10.5. The van der Waals surface area contributed by atoms with Gasteiger partial charge in [-0.25, -0.2) is 9.59 Å². The molecule has 0 amide bonds. The Morgan fingerprint density at radius 1 is 1.17 bits per heavy atom. The molecule has 0 atom stereocenters. The first-order chi connectivity index (χ1) is 11.2. The zero-order valence-electron chi connectivity index (χ0n) is 12.4. The summed E-state index contributed by atoms with van der Waals surface area (Å²) in [6, 6.07) is 13.7. The van der Waals surface area contributed by atoms with Gasteiger partial charge in [-0.15, -0.1) is 0 Å². The maximum atomic E-state index is 11.9. The van der Waals surface area contributed by atoms with E-state index in [4.69, 9.17) is 9.15 Å². The van der Waals surface area contributed by atoms with Gasteiger partial charge in [0.25, 0.3) is 0 Å². The van der Waals surface area contributed by atoms with Crippen LogP contribution in [0.1, 0.15) is 17.3 Å². The number of carbonyl (C=O) groups is 1. The van der Waals surface area contributed by atoms with Gasteiger partial charge in [0.15, 0.2) is 0 Å². The molecule has 1 aromatic heterocycles. The van der Waals surface area contributed by atoms with Crippen molar-refractivity contribution in [2.24, 2.45) is 0 Å². The third-order valence-corrected chi connectivity index (χ3v) is 3.18. The summed E-state index contributed by atoms with van der Waals surface area (Å²) in [5, 5.41) is 3.33. The number of carbonyl (C=O) groups excluding carboxylic acids is 1. The number of anilines is 2. The minimum Gasteiger partial charge on any atom is -0.462 e. The second-order valence-electron chi connectivity index (χ2n) is 4.75. The average Bonchev–Trinajstić information content (AvgIpc) is 2.56. The zero-order valence-corrected chi connectivity index (χ0v) is 12.4. The van der Waals surface area contributed by atoms with Crippen LogP contribution in [0.25, 0.3) is 10.9 Å². The summed E-state index contributed by atoms with van der Waals surface area (Å²) in [4.78, 5) is 27.7. The number of hydrogen-bond acceptors (Lipinski definition) is 6. The van der Waals surface area contributed by atoms with Crippen LogP contribution >= 0.6 is 0 Å². The number of fused-ring (bicyclic) bond motifs is 1. The second-order valence-corrected chi connectivity index (χ2v) is 4.75. The number of para-hydroxylation sites is 1. The number of aromatic nitrogens is 1. The summed E-state index contributed by atoms with van der Waals surface area (Å²) in [5.41, 5.74) is 1.19. The lowest BCUT2D eigenvalue weighted by atomic mass is 10.2. The Bertz CT molecular complexity index is 900. The van der Waals surface area contributed by atoms with Gasteiger partial charge in [-0.2, -0.15) is 4.98 Å². The van der Waals surface area contributed by atoms with Crippen molar-refractivity contribution in [3.63, 3.8) is 0 Å². The Morgan fingerprint density at radius 2 is 1.91 bits per heavy atom. The fraction of sp³-hybridized carbons (Fsp3) is 0.118. The molecular weight excluding hydrogens is 296 g/mol. The molecule has 116 valence electrons. The summed E-state index contributed by atoms with van der Waals surface area (Å²) in [6.07, 6.45) is 0. The standard InChI is InChI=1S/C17H14N2O4/c1-2-22-15(20)11-7-9-12(10-8-11)18-17-19-14-6-4-3-5-13(14)16(21)23-17/h3-10H,2H2,1H3,(H,18,19). The maximum absolute atomic E-state index is 11.9. The average molecular weight is 310 g/mol. The zero-order chi connectivity index (χ0) is 16.2. The monoisotopic (exact) mass is 310 g/mol. The molecule has 3 aromatic rings. The molecule has 6 nitrogen and oxygen atoms in total. The van der Waals surface area contributed by atoms with Gasteiger partial charge in [0.05, 0.1) is 23.1 Å². The predicted octanol–water partition coefficient (Wildman–Crippen LogP) is 3.11. The van der Waals surface area contributed by atoms with Crippen molar-refractivity contribution in [3.8, 4) is 0 Å². The summed E-state index contributed by atoms with van der Waals surface area (Å²) in [6.45, 7) is 2.08. The highest BCUT2D eigenvalue weighted by molar-refractivity contribution is 5.89. The van der Waals surface area contributed by atoms with Gasteiger partial charge in [0.1, 0.15) is 0 Å². The molecule has 23 heavy (non-hydrogen) atoms. The van der Waals surface area contributed by atoms with Gasteiger partial charge in [-0.3, -0.25) is 0 Å². The highest BCUT2D eigenvalue weighted by Crippen LogP contribution is 2.17. The van der Waals surface area contributed by atoms with Crippen molar-refractivity contribution < 1.29 is 13.9 Å². The lowest BCUT2D eigenvalue weighted by Gasteiger charge is -2.06. The molecule has 0 unspecified atom stereocenters. The number of rotatable bonds is 4. The Balaban J connectivity index is 1.84. The van der Waals surface area contributed by atoms with Crippen LogP contribution in [-0.2, 0) is 4.74 Å². The van der Waals surface area contributed by atoms with Gasteiger partial charge in [0.2, 0.25) is 0 Å². The SMILES string of the molecule is CCOC(=O)c1ccc(Nc2nc3ccccc3c(=O)o2)cc1. The topological polar surface area (TPSA) is 81.4 Å². The predicted molar refractivity (Wildman–Crippen MR) is 86.0 cm³/mol. The Morgan fingerprint density at radius 3 is 2.65 bits per heavy atom. The van der Waals surface area contributed by atoms with E-state index < -0.39 is 5.63 Å². The van der Waals surface area contributed by atoms with Crippen molar-refractivity contribution in [2.45, 2.75) is 6.92 Å². The van der Waals surface area contributed by atoms with Crippen LogP contribution in [0, 0.1) is 0 Å². The van der Waals surface area contributed by atoms with E-state index in [0.29, 0.717) is 28.8 Å². The fourth-order valence-corrected chi connectivity index (χ4v) is 2.10. The molecule has 0 saturated heterocycles. The highest BCUT2D eigenvalue weighted by Gasteiger charge is 2.08. The molecule has 0 aliphatic heterocycles. The first-order valence-electron chi connectivity index (χ1n) is 7.11. The summed E-state index contributed by atoms with van der Waals surface area (Å²) >= 11 is 0. The fourth-order valence-electron chi connectivity index (χ4n) is 2.10. The van der Waals surface area contributed by atoms with Crippen LogP contribution in [-0.4, -0.2) is 17.6 Å². The van der Waals surface area contributed by atoms with E-state index in [2.05, 4.69) is 10.3 Å². The van der Waals surface area contributed by atoms with Gasteiger partial charge < -0.3 is 14.5 Å². The molecule has 1 heterocycles. The molecule has 1 N–H and O–H groups in total. The quantitative estimate of drug-likeness (QED) is 0.746. The first kappa shape index (κ1) is 14.8. The Hall–Kier alpha value is -3.15. The van der Waals surface area contributed by atoms with Crippen LogP contribution in [0.2, 0.25) is 0 Å². The van der Waals surface area contributed by atoms with Crippen molar-refractivity contribution in [3.05, 3.63) is 64.5 Å². The lowest BCUT2D eigenvalue weighted by Crippen LogP contribution is -2.06. The Labute approximate surface area is 131 Å². The number of ether oxygens (including phenoxy) is 1. The summed E-state index contributed by atoms with van der Waals surface area (Å²) in [5.74, 6) is -0.380. The molecule has 0 aliphatic carbocycles. The van der Waals surface area contributed by atoms with Crippen molar-refractivity contribution in [2.75, 3.05) is 11.9 Å². The van der Waals surface area contributed by atoms with E-state index in [9.17, 15) is 9.59 Å². The van der Waals surface area contributed by atoms with Crippen LogP contribution in [0.5, 0.6) is 0 Å². The lowest BCUT2D eigenvalue weighted by molar-refractivity contribution is 0.0526. The van der Waals surface area contributed by atoms with Crippen LogP contribution in [0.15, 0.2) is 57.7 Å². The van der Waals surface area contributed by atoms with E-state index >= 15 is 0 Å². The third-order valence-electron chi connectivity index (χ3n) is 3.18. The molecule has 0 aliphatic rings. The van der Waals surface area contributed by atoms with Crippen LogP contribution < -0.4 is 10.9 Å². The van der Waals surface area contributed by atoms with E-state index in [1.165, 1.54) is 0 Å². The number of nitrogens with zero attached hydrogens (tertiary/aromatic N) is 1. The van der Waals surface area contributed by atoms with E-state index in [0.717, 1.165) is 0 Å². The molecular formula is C17H14N2O4. The molecule has 0 saturated carbocycles. The maximum Gasteiger partial charge on any atom is 0.348 e. The van der Waals surface area contributed by atoms with E-state index in [-0.39, 0.29) is 12.0 Å². The number of hydrogen-bond donors (Lipinski definition) is 1. The van der Waals surface area contributed by atoms with Gasteiger partial charge in [-0.05, 0) is 43.3 Å². The molecule has 0 radical (unpaired) electrons. The summed E-state index contributed by atoms with van der Waals surface area (Å²) < 4.78 is 10.1. The largest absolute Gasteiger partial charge is 0.462 e. The van der Waals surface area contributed by atoms with Crippen molar-refractivity contribution in [1.29, 1.82) is 0 Å². The Kier molecular flexibility index (Phi) is 4.05. The van der Waals surface area contributed by atoms with Crippen molar-refractivity contribution in [1.82, 2.24) is 4.98 Å². The molecule has 0 spiro atoms. The highest BCUT2D eigenvalue weighted by atomic mass is 16.5. The summed E-state index contributed by atoms with van der Waals surface area (Å²) in [7, 11) is 0. The molecule has 3 rings (SSSR count). The number of nitrogens with one attached hydrogen (secondary N) is 1. The van der Waals surface area contributed by atoms with Gasteiger partial charge in [-0.1, -0.05) is 12.1 Å². The molecule has 0 fully saturated rings. The second kappa shape index (κ2) is 6.31. The molecule has 0 bridgehead atoms. The van der Waals surface area contributed by atoms with Crippen LogP contribution in [0.3, 0.4) is 0 Å². The third kappa shape index (κ3) is 3.21. The van der Waals surface area contributed by atoms with Gasteiger partial charge >= 0.3 is 17.6 Å². The molecule has 2 aromatic carbocycles. The smallest absolute Gasteiger partial charge is 0.348 e. The number of esters is 1.